The van der Waals surface area contributed by atoms with Crippen LogP contribution >= 0.6 is 0 Å². The maximum atomic E-state index is 14.4. The van der Waals surface area contributed by atoms with Gasteiger partial charge in [-0.2, -0.15) is 0 Å². The molecule has 47 heavy (non-hydrogen) atoms. The van der Waals surface area contributed by atoms with E-state index in [9.17, 15) is 14.7 Å². The zero-order valence-corrected chi connectivity index (χ0v) is 29.2. The molecule has 1 saturated carbocycles. The van der Waals surface area contributed by atoms with E-state index in [-0.39, 0.29) is 29.1 Å². The summed E-state index contributed by atoms with van der Waals surface area (Å²) in [6, 6.07) is 15.9. The summed E-state index contributed by atoms with van der Waals surface area (Å²) in [4.78, 5) is 34.8. The van der Waals surface area contributed by atoms with Crippen LogP contribution in [0.2, 0.25) is 0 Å². The van der Waals surface area contributed by atoms with E-state index in [1.807, 2.05) is 30.3 Å². The molecule has 0 radical (unpaired) electrons. The Hall–Kier alpha value is -3.39. The molecule has 5 N–H and O–H groups in total. The Morgan fingerprint density at radius 2 is 1.91 bits per heavy atom. The lowest BCUT2D eigenvalue weighted by molar-refractivity contribution is -0.131. The van der Waals surface area contributed by atoms with Crippen molar-refractivity contribution in [3.05, 3.63) is 65.2 Å². The van der Waals surface area contributed by atoms with Gasteiger partial charge in [0.05, 0.1) is 11.3 Å². The predicted molar refractivity (Wildman–Crippen MR) is 190 cm³/mol. The Morgan fingerprint density at radius 3 is 2.64 bits per heavy atom. The van der Waals surface area contributed by atoms with E-state index in [4.69, 9.17) is 5.73 Å². The minimum atomic E-state index is -0.643. The SMILES string of the molecule is CCCC(N)=NCCCCNC(=O)[C@H](CC(C)C)NC(=O)[C@]1(c2ccccc2)C[C@@H]1CN1CC[C@@]2(C)c3cc(O)ccc3C[C@@H]1[C@H]2C. The summed E-state index contributed by atoms with van der Waals surface area (Å²) < 4.78 is 0. The third-order valence-corrected chi connectivity index (χ3v) is 11.4. The van der Waals surface area contributed by atoms with Gasteiger partial charge in [0, 0.05) is 32.1 Å². The van der Waals surface area contributed by atoms with Gasteiger partial charge in [-0.05, 0) is 103 Å². The highest BCUT2D eigenvalue weighted by Gasteiger charge is 2.62. The van der Waals surface area contributed by atoms with Crippen LogP contribution in [0.3, 0.4) is 0 Å². The van der Waals surface area contributed by atoms with Crippen molar-refractivity contribution in [3.63, 3.8) is 0 Å². The highest BCUT2D eigenvalue weighted by molar-refractivity contribution is 5.95. The summed E-state index contributed by atoms with van der Waals surface area (Å²) in [6.45, 7) is 14.0. The van der Waals surface area contributed by atoms with Crippen LogP contribution in [0.4, 0.5) is 0 Å². The number of piperidine rings is 1. The quantitative estimate of drug-likeness (QED) is 0.117. The van der Waals surface area contributed by atoms with Crippen molar-refractivity contribution in [2.24, 2.45) is 28.5 Å². The maximum Gasteiger partial charge on any atom is 0.242 e. The second-order valence-electron chi connectivity index (χ2n) is 15.1. The molecule has 0 aromatic heterocycles. The first-order valence-corrected chi connectivity index (χ1v) is 18.0. The number of likely N-dealkylation sites (tertiary alicyclic amines) is 1. The summed E-state index contributed by atoms with van der Waals surface area (Å²) >= 11 is 0. The zero-order chi connectivity index (χ0) is 33.8. The Balaban J connectivity index is 1.26. The molecule has 2 amide bonds. The average Bonchev–Trinajstić information content (AvgIpc) is 3.77. The summed E-state index contributed by atoms with van der Waals surface area (Å²) in [5.74, 6) is 1.75. The molecule has 8 nitrogen and oxygen atoms in total. The number of nitrogens with zero attached hydrogens (tertiary/aromatic N) is 2. The van der Waals surface area contributed by atoms with Crippen molar-refractivity contribution in [2.75, 3.05) is 26.2 Å². The van der Waals surface area contributed by atoms with Crippen molar-refractivity contribution >= 4 is 17.6 Å². The summed E-state index contributed by atoms with van der Waals surface area (Å²) in [5, 5.41) is 16.6. The van der Waals surface area contributed by atoms with Crippen molar-refractivity contribution in [3.8, 4) is 5.75 Å². The fourth-order valence-corrected chi connectivity index (χ4v) is 8.37. The number of rotatable bonds is 15. The number of amides is 2. The van der Waals surface area contributed by atoms with Gasteiger partial charge in [0.2, 0.25) is 11.8 Å². The number of benzene rings is 2. The van der Waals surface area contributed by atoms with Crippen molar-refractivity contribution in [1.82, 2.24) is 15.5 Å². The number of nitrogens with two attached hydrogens (primary N) is 1. The van der Waals surface area contributed by atoms with Crippen LogP contribution in [-0.2, 0) is 26.8 Å². The molecule has 1 heterocycles. The molecular formula is C39H57N5O3. The van der Waals surface area contributed by atoms with E-state index < -0.39 is 11.5 Å². The number of carbonyl (C=O) groups excluding carboxylic acids is 2. The largest absolute Gasteiger partial charge is 0.508 e. The van der Waals surface area contributed by atoms with Crippen molar-refractivity contribution < 1.29 is 14.7 Å². The van der Waals surface area contributed by atoms with Crippen LogP contribution in [0.1, 0.15) is 96.3 Å². The van der Waals surface area contributed by atoms with Crippen LogP contribution in [0.5, 0.6) is 5.75 Å². The Labute approximate surface area is 282 Å². The second kappa shape index (κ2) is 14.8. The van der Waals surface area contributed by atoms with Gasteiger partial charge < -0.3 is 21.5 Å². The van der Waals surface area contributed by atoms with Crippen molar-refractivity contribution in [1.29, 1.82) is 0 Å². The number of fused-ring (bicyclic) bond motifs is 4. The number of hydrogen-bond acceptors (Lipinski definition) is 5. The first-order chi connectivity index (χ1) is 22.5. The highest BCUT2D eigenvalue weighted by atomic mass is 16.3. The van der Waals surface area contributed by atoms with E-state index >= 15 is 0 Å². The van der Waals surface area contributed by atoms with E-state index in [1.54, 1.807) is 0 Å². The molecule has 2 bridgehead atoms. The van der Waals surface area contributed by atoms with Gasteiger partial charge in [-0.1, -0.05) is 71.0 Å². The number of aliphatic imine (C=N–C) groups is 1. The summed E-state index contributed by atoms with van der Waals surface area (Å²) in [6.07, 6.45) is 6.81. The van der Waals surface area contributed by atoms with E-state index in [0.29, 0.717) is 43.1 Å². The minimum absolute atomic E-state index is 0.0258. The third-order valence-electron chi connectivity index (χ3n) is 11.4. The van der Waals surface area contributed by atoms with Gasteiger partial charge in [0.25, 0.3) is 0 Å². The van der Waals surface area contributed by atoms with E-state index in [0.717, 1.165) is 63.6 Å². The molecule has 1 saturated heterocycles. The van der Waals surface area contributed by atoms with Gasteiger partial charge in [-0.25, -0.2) is 0 Å². The smallest absolute Gasteiger partial charge is 0.242 e. The molecule has 0 unspecified atom stereocenters. The number of amidine groups is 1. The molecule has 8 heteroatoms. The van der Waals surface area contributed by atoms with Crippen LogP contribution in [0.15, 0.2) is 53.5 Å². The Bertz CT molecular complexity index is 1430. The molecule has 2 aromatic rings. The molecule has 6 atom stereocenters. The van der Waals surface area contributed by atoms with Crippen LogP contribution in [0, 0.1) is 17.8 Å². The van der Waals surface area contributed by atoms with Crippen molar-refractivity contribution in [2.45, 2.75) is 109 Å². The number of aromatic hydroxyl groups is 1. The predicted octanol–water partition coefficient (Wildman–Crippen LogP) is 5.46. The molecule has 5 rings (SSSR count). The Kier molecular flexibility index (Phi) is 11.0. The summed E-state index contributed by atoms with van der Waals surface area (Å²) in [5.41, 5.74) is 8.95. The molecule has 2 aromatic carbocycles. The molecule has 1 aliphatic heterocycles. The molecular weight excluding hydrogens is 586 g/mol. The van der Waals surface area contributed by atoms with Crippen LogP contribution < -0.4 is 16.4 Å². The average molecular weight is 644 g/mol. The molecule has 2 aliphatic carbocycles. The number of unbranched alkanes of at least 4 members (excludes halogenated alkanes) is 1. The van der Waals surface area contributed by atoms with Gasteiger partial charge in [-0.15, -0.1) is 0 Å². The monoisotopic (exact) mass is 643 g/mol. The lowest BCUT2D eigenvalue weighted by Crippen LogP contribution is -2.58. The van der Waals surface area contributed by atoms with E-state index in [1.165, 1.54) is 11.1 Å². The number of phenolic OH excluding ortho intramolecular Hbond substituents is 1. The molecule has 2 fully saturated rings. The van der Waals surface area contributed by atoms with Crippen LogP contribution in [-0.4, -0.2) is 65.9 Å². The molecule has 256 valence electrons. The minimum Gasteiger partial charge on any atom is -0.508 e. The van der Waals surface area contributed by atoms with Gasteiger partial charge in [0.1, 0.15) is 11.8 Å². The fourth-order valence-electron chi connectivity index (χ4n) is 8.37. The van der Waals surface area contributed by atoms with E-state index in [2.05, 4.69) is 73.3 Å². The number of nitrogens with one attached hydrogen (secondary N) is 2. The van der Waals surface area contributed by atoms with Crippen LogP contribution in [0.25, 0.3) is 0 Å². The summed E-state index contributed by atoms with van der Waals surface area (Å²) in [7, 11) is 0. The van der Waals surface area contributed by atoms with Gasteiger partial charge in [-0.3, -0.25) is 19.5 Å². The topological polar surface area (TPSA) is 120 Å². The lowest BCUT2D eigenvalue weighted by atomic mass is 9.59. The zero-order valence-electron chi connectivity index (χ0n) is 29.2. The third kappa shape index (κ3) is 7.53. The maximum absolute atomic E-state index is 14.4. The first kappa shape index (κ1) is 34.9. The van der Waals surface area contributed by atoms with Gasteiger partial charge in [0.15, 0.2) is 0 Å². The Morgan fingerprint density at radius 1 is 1.15 bits per heavy atom. The van der Waals surface area contributed by atoms with Gasteiger partial charge >= 0.3 is 0 Å². The molecule has 3 aliphatic rings. The normalized spacial score (nSPS) is 27.6. The standard InChI is InChI=1S/C39H57N5O3/c1-6-12-35(40)41-18-10-11-19-42-36(46)33(21-26(2)3)43-37(47)39(29-13-8-7-9-14-29)24-30(39)25-44-20-17-38(5)27(4)34(44)22-28-15-16-31(45)23-32(28)38/h7-9,13-16,23,26-27,30,33-34,45H,6,10-12,17-22,24-25H2,1-5H3,(H2,40,41)(H,42,46)(H,43,47)/t27-,30-,33+,34-,38-,39+/m1/s1. The fraction of sp³-hybridized carbons (Fsp3) is 0.615. The second-order valence-corrected chi connectivity index (χ2v) is 15.1. The number of carbonyl (C=O) groups is 2. The molecule has 0 spiro atoms. The number of hydrogen-bond donors (Lipinski definition) is 4. The number of phenols is 1. The lowest BCUT2D eigenvalue weighted by Gasteiger charge is -2.55. The first-order valence-electron chi connectivity index (χ1n) is 18.0. The highest BCUT2D eigenvalue weighted by Crippen LogP contribution is 2.57.